The quantitative estimate of drug-likeness (QED) is 0.761. The maximum atomic E-state index is 9.60. The maximum absolute atomic E-state index is 9.60. The van der Waals surface area contributed by atoms with Crippen LogP contribution in [0.3, 0.4) is 0 Å². The van der Waals surface area contributed by atoms with Gasteiger partial charge >= 0.3 is 0 Å². The summed E-state index contributed by atoms with van der Waals surface area (Å²) in [6.07, 6.45) is 4.26. The molecule has 0 radical (unpaired) electrons. The van der Waals surface area contributed by atoms with E-state index in [1.807, 2.05) is 18.2 Å². The van der Waals surface area contributed by atoms with E-state index in [4.69, 9.17) is 17.3 Å². The minimum atomic E-state index is -0.192. The SMILES string of the molecule is Nc1cccc(Cl)c1C1(CO)CCCC1. The van der Waals surface area contributed by atoms with Crippen molar-refractivity contribution in [1.29, 1.82) is 0 Å². The van der Waals surface area contributed by atoms with E-state index in [0.717, 1.165) is 31.2 Å². The number of aliphatic hydroxyl groups excluding tert-OH is 1. The van der Waals surface area contributed by atoms with Crippen LogP contribution < -0.4 is 5.73 Å². The average Bonchev–Trinajstić information content (AvgIpc) is 2.67. The Morgan fingerprint density at radius 3 is 2.53 bits per heavy atom. The second-order valence-corrected chi connectivity index (χ2v) is 4.76. The van der Waals surface area contributed by atoms with E-state index >= 15 is 0 Å². The van der Waals surface area contributed by atoms with E-state index < -0.39 is 0 Å². The Labute approximate surface area is 95.1 Å². The molecule has 0 amide bonds. The molecule has 1 aromatic rings. The lowest BCUT2D eigenvalue weighted by atomic mass is 9.79. The molecule has 82 valence electrons. The van der Waals surface area contributed by atoms with Gasteiger partial charge in [-0.25, -0.2) is 0 Å². The van der Waals surface area contributed by atoms with Gasteiger partial charge in [0.25, 0.3) is 0 Å². The summed E-state index contributed by atoms with van der Waals surface area (Å²) in [6, 6.07) is 5.56. The fourth-order valence-corrected chi connectivity index (χ4v) is 3.02. The molecule has 1 aliphatic carbocycles. The van der Waals surface area contributed by atoms with Crippen molar-refractivity contribution in [3.8, 4) is 0 Å². The van der Waals surface area contributed by atoms with Crippen LogP contribution in [0, 0.1) is 0 Å². The first-order valence-corrected chi connectivity index (χ1v) is 5.73. The van der Waals surface area contributed by atoms with Crippen LogP contribution in [0.4, 0.5) is 5.69 Å². The van der Waals surface area contributed by atoms with Crippen LogP contribution in [0.5, 0.6) is 0 Å². The van der Waals surface area contributed by atoms with E-state index in [0.29, 0.717) is 10.7 Å². The van der Waals surface area contributed by atoms with Gasteiger partial charge in [-0.3, -0.25) is 0 Å². The molecule has 15 heavy (non-hydrogen) atoms. The Kier molecular flexibility index (Phi) is 2.89. The van der Waals surface area contributed by atoms with Crippen LogP contribution in [0.15, 0.2) is 18.2 Å². The highest BCUT2D eigenvalue weighted by Gasteiger charge is 2.37. The molecule has 0 aliphatic heterocycles. The van der Waals surface area contributed by atoms with Crippen molar-refractivity contribution in [3.05, 3.63) is 28.8 Å². The fraction of sp³-hybridized carbons (Fsp3) is 0.500. The molecule has 0 heterocycles. The molecule has 2 nitrogen and oxygen atoms in total. The van der Waals surface area contributed by atoms with Crippen LogP contribution >= 0.6 is 11.6 Å². The Hall–Kier alpha value is -0.730. The molecule has 1 saturated carbocycles. The third kappa shape index (κ3) is 1.72. The second-order valence-electron chi connectivity index (χ2n) is 4.35. The molecule has 1 aromatic carbocycles. The van der Waals surface area contributed by atoms with Crippen molar-refractivity contribution in [2.75, 3.05) is 12.3 Å². The first-order chi connectivity index (χ1) is 7.19. The normalized spacial score (nSPS) is 19.3. The number of nitrogens with two attached hydrogens (primary N) is 1. The van der Waals surface area contributed by atoms with Crippen LogP contribution in [0.1, 0.15) is 31.2 Å². The summed E-state index contributed by atoms with van der Waals surface area (Å²) in [5, 5.41) is 10.3. The zero-order valence-corrected chi connectivity index (χ0v) is 9.43. The zero-order chi connectivity index (χ0) is 10.9. The predicted molar refractivity (Wildman–Crippen MR) is 63.1 cm³/mol. The van der Waals surface area contributed by atoms with Gasteiger partial charge in [-0.2, -0.15) is 0 Å². The highest BCUT2D eigenvalue weighted by molar-refractivity contribution is 6.31. The van der Waals surface area contributed by atoms with E-state index in [9.17, 15) is 5.11 Å². The summed E-state index contributed by atoms with van der Waals surface area (Å²) < 4.78 is 0. The van der Waals surface area contributed by atoms with Crippen molar-refractivity contribution in [1.82, 2.24) is 0 Å². The van der Waals surface area contributed by atoms with Gasteiger partial charge in [0.15, 0.2) is 0 Å². The number of anilines is 1. The summed E-state index contributed by atoms with van der Waals surface area (Å²) in [4.78, 5) is 0. The molecule has 0 atom stereocenters. The molecule has 0 spiro atoms. The van der Waals surface area contributed by atoms with Gasteiger partial charge in [0.2, 0.25) is 0 Å². The third-order valence-electron chi connectivity index (χ3n) is 3.44. The zero-order valence-electron chi connectivity index (χ0n) is 8.67. The Morgan fingerprint density at radius 2 is 2.00 bits per heavy atom. The first-order valence-electron chi connectivity index (χ1n) is 5.35. The van der Waals surface area contributed by atoms with Gasteiger partial charge < -0.3 is 10.8 Å². The molecule has 2 rings (SSSR count). The topological polar surface area (TPSA) is 46.2 Å². The Balaban J connectivity index is 2.51. The smallest absolute Gasteiger partial charge is 0.0529 e. The monoisotopic (exact) mass is 225 g/mol. The second kappa shape index (κ2) is 4.03. The summed E-state index contributed by atoms with van der Waals surface area (Å²) in [5.41, 5.74) is 7.43. The lowest BCUT2D eigenvalue weighted by molar-refractivity contribution is 0.196. The third-order valence-corrected chi connectivity index (χ3v) is 3.75. The molecule has 0 bridgehead atoms. The summed E-state index contributed by atoms with van der Waals surface area (Å²) in [7, 11) is 0. The lowest BCUT2D eigenvalue weighted by Crippen LogP contribution is -2.28. The summed E-state index contributed by atoms with van der Waals surface area (Å²) in [6.45, 7) is 0.140. The van der Waals surface area contributed by atoms with Crippen molar-refractivity contribution in [3.63, 3.8) is 0 Å². The summed E-state index contributed by atoms with van der Waals surface area (Å²) in [5.74, 6) is 0. The minimum absolute atomic E-state index is 0.140. The van der Waals surface area contributed by atoms with Gasteiger partial charge in [0, 0.05) is 21.7 Å². The first kappa shape index (κ1) is 10.8. The highest BCUT2D eigenvalue weighted by atomic mass is 35.5. The summed E-state index contributed by atoms with van der Waals surface area (Å²) >= 11 is 6.19. The molecule has 1 aliphatic rings. The Morgan fingerprint density at radius 1 is 1.33 bits per heavy atom. The molecule has 1 fully saturated rings. The van der Waals surface area contributed by atoms with Gasteiger partial charge in [-0.05, 0) is 25.0 Å². The molecule has 0 unspecified atom stereocenters. The predicted octanol–water partition coefficient (Wildman–Crippen LogP) is 2.73. The number of hydrogen-bond acceptors (Lipinski definition) is 2. The number of nitrogen functional groups attached to an aromatic ring is 1. The minimum Gasteiger partial charge on any atom is -0.398 e. The van der Waals surface area contributed by atoms with E-state index in [1.54, 1.807) is 0 Å². The molecular weight excluding hydrogens is 210 g/mol. The Bertz CT molecular complexity index is 338. The van der Waals surface area contributed by atoms with Crippen molar-refractivity contribution >= 4 is 17.3 Å². The maximum Gasteiger partial charge on any atom is 0.0529 e. The van der Waals surface area contributed by atoms with Gasteiger partial charge in [-0.1, -0.05) is 30.5 Å². The van der Waals surface area contributed by atoms with Gasteiger partial charge in [0.1, 0.15) is 0 Å². The van der Waals surface area contributed by atoms with Crippen LogP contribution in [-0.2, 0) is 5.41 Å². The van der Waals surface area contributed by atoms with Crippen molar-refractivity contribution < 1.29 is 5.11 Å². The van der Waals surface area contributed by atoms with E-state index in [-0.39, 0.29) is 12.0 Å². The molecule has 0 saturated heterocycles. The van der Waals surface area contributed by atoms with Crippen molar-refractivity contribution in [2.45, 2.75) is 31.1 Å². The number of benzene rings is 1. The number of hydrogen-bond donors (Lipinski definition) is 2. The van der Waals surface area contributed by atoms with E-state index in [1.165, 1.54) is 0 Å². The van der Waals surface area contributed by atoms with Crippen LogP contribution in [-0.4, -0.2) is 11.7 Å². The van der Waals surface area contributed by atoms with Gasteiger partial charge in [-0.15, -0.1) is 0 Å². The standard InChI is InChI=1S/C12H16ClNO/c13-9-4-3-5-10(14)11(9)12(8-15)6-1-2-7-12/h3-5,15H,1-2,6-8,14H2. The molecule has 3 heteroatoms. The number of aliphatic hydroxyl groups is 1. The number of halogens is 1. The van der Waals surface area contributed by atoms with Crippen LogP contribution in [0.2, 0.25) is 5.02 Å². The largest absolute Gasteiger partial charge is 0.398 e. The van der Waals surface area contributed by atoms with Crippen molar-refractivity contribution in [2.24, 2.45) is 0 Å². The lowest BCUT2D eigenvalue weighted by Gasteiger charge is -2.29. The van der Waals surface area contributed by atoms with E-state index in [2.05, 4.69) is 0 Å². The highest BCUT2D eigenvalue weighted by Crippen LogP contribution is 2.45. The van der Waals surface area contributed by atoms with Crippen LogP contribution in [0.25, 0.3) is 0 Å². The van der Waals surface area contributed by atoms with Gasteiger partial charge in [0.05, 0.1) is 6.61 Å². The number of rotatable bonds is 2. The average molecular weight is 226 g/mol. The molecular formula is C12H16ClNO. The molecule has 3 N–H and O–H groups in total. The molecule has 0 aromatic heterocycles. The fourth-order valence-electron chi connectivity index (χ4n) is 2.64.